The minimum atomic E-state index is -4.62. The Morgan fingerprint density at radius 2 is 2.10 bits per heavy atom. The van der Waals surface area contributed by atoms with Crippen LogP contribution in [0.3, 0.4) is 0 Å². The van der Waals surface area contributed by atoms with Crippen LogP contribution in [0.15, 0.2) is 0 Å². The van der Waals surface area contributed by atoms with Gasteiger partial charge in [0.1, 0.15) is 5.56 Å². The Morgan fingerprint density at radius 3 is 2.20 bits per heavy atom. The molecule has 0 radical (unpaired) electrons. The van der Waals surface area contributed by atoms with Gasteiger partial charge < -0.3 is 4.55 Å². The summed E-state index contributed by atoms with van der Waals surface area (Å²) < 4.78 is 33.0. The Bertz CT molecular complexity index is 167. The summed E-state index contributed by atoms with van der Waals surface area (Å²) in [5.41, 5.74) is -1.03. The van der Waals surface area contributed by atoms with Gasteiger partial charge in [-0.15, -0.1) is 0 Å². The van der Waals surface area contributed by atoms with Gasteiger partial charge in [-0.2, -0.15) is 0 Å². The Kier molecular flexibility index (Phi) is 7.92. The average Bonchev–Trinajstić information content (AvgIpc) is 1.62. The molecule has 0 aliphatic heterocycles. The van der Waals surface area contributed by atoms with Gasteiger partial charge in [-0.05, 0) is 6.42 Å². The van der Waals surface area contributed by atoms with E-state index in [1.54, 1.807) is 6.92 Å². The fourth-order valence-corrected chi connectivity index (χ4v) is 0.855. The maximum atomic E-state index is 9.74. The van der Waals surface area contributed by atoms with Crippen LogP contribution in [0.2, 0.25) is 0 Å². The van der Waals surface area contributed by atoms with Crippen LogP contribution in [0, 0.1) is 0 Å². The molecule has 0 aromatic carbocycles. The van der Waals surface area contributed by atoms with Gasteiger partial charge in [-0.1, -0.05) is 18.5 Å². The molecule has 0 N–H and O–H groups in total. The molecule has 0 rings (SSSR count). The molecule has 1 atom stereocenters. The third kappa shape index (κ3) is 9.16. The molecular weight excluding hydrogens is 191 g/mol. The van der Waals surface area contributed by atoms with Gasteiger partial charge in [-0.25, -0.2) is 8.42 Å². The first-order valence-corrected chi connectivity index (χ1v) is 4.01. The van der Waals surface area contributed by atoms with Crippen LogP contribution in [0.5, 0.6) is 0 Å². The average molecular weight is 197 g/mol. The van der Waals surface area contributed by atoms with E-state index in [2.05, 4.69) is 4.18 Å². The Hall–Kier alpha value is 1.16. The SMILES string of the molecule is CCC(Cl)OS(=O)(=O)[O-].[Na+]. The number of halogens is 1. The Labute approximate surface area is 87.1 Å². The summed E-state index contributed by atoms with van der Waals surface area (Å²) in [6, 6.07) is 0. The smallest absolute Gasteiger partial charge is 0.725 e. The molecule has 0 fully saturated rings. The van der Waals surface area contributed by atoms with Crippen LogP contribution in [-0.2, 0) is 14.6 Å². The molecule has 0 aliphatic carbocycles. The maximum absolute atomic E-state index is 9.74. The van der Waals surface area contributed by atoms with E-state index in [9.17, 15) is 13.0 Å². The molecule has 0 amide bonds. The molecule has 0 aromatic rings. The summed E-state index contributed by atoms with van der Waals surface area (Å²) in [5.74, 6) is 0. The summed E-state index contributed by atoms with van der Waals surface area (Å²) in [6.45, 7) is 1.60. The van der Waals surface area contributed by atoms with Crippen molar-refractivity contribution in [2.75, 3.05) is 0 Å². The van der Waals surface area contributed by atoms with Gasteiger partial charge >= 0.3 is 29.6 Å². The monoisotopic (exact) mass is 196 g/mol. The van der Waals surface area contributed by atoms with Gasteiger partial charge in [0, 0.05) is 0 Å². The van der Waals surface area contributed by atoms with E-state index in [0.717, 1.165) is 0 Å². The molecule has 0 saturated carbocycles. The summed E-state index contributed by atoms with van der Waals surface area (Å²) >= 11 is 5.15. The normalized spacial score (nSPS) is 13.9. The van der Waals surface area contributed by atoms with Crippen LogP contribution in [0.4, 0.5) is 0 Å². The van der Waals surface area contributed by atoms with Crippen LogP contribution < -0.4 is 29.6 Å². The third-order valence-electron chi connectivity index (χ3n) is 0.543. The van der Waals surface area contributed by atoms with E-state index in [-0.39, 0.29) is 36.0 Å². The van der Waals surface area contributed by atoms with Gasteiger partial charge in [0.25, 0.3) is 0 Å². The molecule has 0 bridgehead atoms. The second-order valence-corrected chi connectivity index (χ2v) is 2.82. The van der Waals surface area contributed by atoms with Crippen molar-refractivity contribution < 1.29 is 46.7 Å². The molecule has 0 aromatic heterocycles. The first kappa shape index (κ1) is 13.7. The van der Waals surface area contributed by atoms with Crippen molar-refractivity contribution in [3.8, 4) is 0 Å². The van der Waals surface area contributed by atoms with Crippen LogP contribution in [-0.4, -0.2) is 18.5 Å². The van der Waals surface area contributed by atoms with Gasteiger partial charge in [0.05, 0.1) is 0 Å². The van der Waals surface area contributed by atoms with E-state index in [1.165, 1.54) is 0 Å². The van der Waals surface area contributed by atoms with Crippen molar-refractivity contribution in [3.63, 3.8) is 0 Å². The molecule has 56 valence electrons. The van der Waals surface area contributed by atoms with Crippen molar-refractivity contribution >= 4 is 22.0 Å². The zero-order valence-electron chi connectivity index (χ0n) is 5.70. The molecule has 0 saturated heterocycles. The minimum absolute atomic E-state index is 0. The van der Waals surface area contributed by atoms with Crippen molar-refractivity contribution in [2.45, 2.75) is 18.9 Å². The predicted molar refractivity (Wildman–Crippen MR) is 30.7 cm³/mol. The quantitative estimate of drug-likeness (QED) is 0.216. The summed E-state index contributed by atoms with van der Waals surface area (Å²) in [7, 11) is -4.62. The summed E-state index contributed by atoms with van der Waals surface area (Å²) in [5, 5.41) is 0. The first-order chi connectivity index (χ1) is 3.95. The van der Waals surface area contributed by atoms with Crippen LogP contribution in [0.25, 0.3) is 0 Å². The molecule has 7 heteroatoms. The molecule has 10 heavy (non-hydrogen) atoms. The topological polar surface area (TPSA) is 66.4 Å². The van der Waals surface area contributed by atoms with E-state index < -0.39 is 16.0 Å². The van der Waals surface area contributed by atoms with E-state index >= 15 is 0 Å². The van der Waals surface area contributed by atoms with Crippen LogP contribution >= 0.6 is 11.6 Å². The predicted octanol–water partition coefficient (Wildman–Crippen LogP) is -2.56. The third-order valence-corrected chi connectivity index (χ3v) is 1.51. The summed E-state index contributed by atoms with van der Waals surface area (Å²) in [6.07, 6.45) is 0.281. The fraction of sp³-hybridized carbons (Fsp3) is 1.00. The minimum Gasteiger partial charge on any atom is -0.725 e. The number of alkyl halides is 1. The van der Waals surface area contributed by atoms with Crippen molar-refractivity contribution in [2.24, 2.45) is 0 Å². The number of rotatable bonds is 3. The maximum Gasteiger partial charge on any atom is 1.00 e. The van der Waals surface area contributed by atoms with E-state index in [1.807, 2.05) is 0 Å². The van der Waals surface area contributed by atoms with Gasteiger partial charge in [0.15, 0.2) is 0 Å². The van der Waals surface area contributed by atoms with E-state index in [0.29, 0.717) is 0 Å². The van der Waals surface area contributed by atoms with Gasteiger partial charge in [-0.3, -0.25) is 4.18 Å². The largest absolute Gasteiger partial charge is 1.00 e. The molecule has 0 spiro atoms. The molecule has 4 nitrogen and oxygen atoms in total. The Balaban J connectivity index is 0. The fourth-order valence-electron chi connectivity index (χ4n) is 0.196. The molecule has 1 unspecified atom stereocenters. The summed E-state index contributed by atoms with van der Waals surface area (Å²) in [4.78, 5) is 0. The van der Waals surface area contributed by atoms with Crippen LogP contribution in [0.1, 0.15) is 13.3 Å². The van der Waals surface area contributed by atoms with E-state index in [4.69, 9.17) is 11.6 Å². The number of hydrogen-bond acceptors (Lipinski definition) is 4. The second-order valence-electron chi connectivity index (χ2n) is 1.32. The molecule has 0 heterocycles. The van der Waals surface area contributed by atoms with Gasteiger partial charge in [0.2, 0.25) is 10.4 Å². The van der Waals surface area contributed by atoms with Crippen molar-refractivity contribution in [1.82, 2.24) is 0 Å². The molecule has 0 aliphatic rings. The van der Waals surface area contributed by atoms with Crippen molar-refractivity contribution in [3.05, 3.63) is 0 Å². The first-order valence-electron chi connectivity index (χ1n) is 2.24. The zero-order valence-corrected chi connectivity index (χ0v) is 9.28. The Morgan fingerprint density at radius 1 is 1.70 bits per heavy atom. The standard InChI is InChI=1S/C3H7ClO4S.Na/c1-2-3(4)8-9(5,6)7;/h3H,2H2,1H3,(H,5,6,7);/q;+1/p-1. The second kappa shape index (κ2) is 5.77. The van der Waals surface area contributed by atoms with Crippen molar-refractivity contribution in [1.29, 1.82) is 0 Å². The number of hydrogen-bond donors (Lipinski definition) is 0. The molecular formula is C3H6ClNaO4S. The zero-order chi connectivity index (χ0) is 7.49.